The Labute approximate surface area is 178 Å². The maximum Gasteiger partial charge on any atom is 0.243 e. The summed E-state index contributed by atoms with van der Waals surface area (Å²) in [5.74, 6) is 0.899. The van der Waals surface area contributed by atoms with Crippen LogP contribution in [0.25, 0.3) is 21.3 Å². The van der Waals surface area contributed by atoms with Crippen LogP contribution in [0.5, 0.6) is 0 Å². The van der Waals surface area contributed by atoms with Gasteiger partial charge in [0.25, 0.3) is 0 Å². The molecule has 154 valence electrons. The molecule has 1 aliphatic heterocycles. The van der Waals surface area contributed by atoms with Crippen molar-refractivity contribution in [2.75, 3.05) is 36.4 Å². The van der Waals surface area contributed by atoms with Crippen LogP contribution in [0, 0.1) is 0 Å². The number of aromatic amines is 1. The highest BCUT2D eigenvalue weighted by atomic mass is 32.1. The molecule has 2 N–H and O–H groups in total. The Morgan fingerprint density at radius 2 is 1.83 bits per heavy atom. The fourth-order valence-corrected chi connectivity index (χ4v) is 4.80. The highest BCUT2D eigenvalue weighted by molar-refractivity contribution is 7.22. The predicted octanol–water partition coefficient (Wildman–Crippen LogP) is 3.71. The molecule has 0 spiro atoms. The van der Waals surface area contributed by atoms with E-state index in [4.69, 9.17) is 4.98 Å². The Morgan fingerprint density at radius 1 is 1.03 bits per heavy atom. The number of amides is 1. The van der Waals surface area contributed by atoms with Crippen LogP contribution in [0.1, 0.15) is 13.3 Å². The number of rotatable bonds is 4. The number of H-pyrrole nitrogens is 1. The molecule has 1 amide bonds. The second kappa shape index (κ2) is 8.04. The van der Waals surface area contributed by atoms with Gasteiger partial charge in [-0.3, -0.25) is 9.69 Å². The number of carbonyl (C=O) groups is 1. The zero-order valence-corrected chi connectivity index (χ0v) is 17.7. The lowest BCUT2D eigenvalue weighted by molar-refractivity contribution is -0.120. The lowest BCUT2D eigenvalue weighted by atomic mass is 10.2. The molecule has 4 aromatic rings. The summed E-state index contributed by atoms with van der Waals surface area (Å²) in [5.41, 5.74) is 2.95. The van der Waals surface area contributed by atoms with Crippen LogP contribution in [0.4, 0.5) is 11.1 Å². The summed E-state index contributed by atoms with van der Waals surface area (Å²) in [7, 11) is 0. The summed E-state index contributed by atoms with van der Waals surface area (Å²) in [4.78, 5) is 30.0. The minimum Gasteiger partial charge on any atom is -0.341 e. The van der Waals surface area contributed by atoms with Gasteiger partial charge < -0.3 is 15.2 Å². The topological polar surface area (TPSA) is 77.2 Å². The highest BCUT2D eigenvalue weighted by Gasteiger charge is 2.25. The fraction of sp³-hybridized carbons (Fsp3) is 0.318. The molecule has 0 bridgehead atoms. The number of para-hydroxylation sites is 3. The van der Waals surface area contributed by atoms with Gasteiger partial charge in [0.2, 0.25) is 11.9 Å². The molecule has 7 nitrogen and oxygen atoms in total. The SMILES string of the molecule is CC(C(=O)Nc1nc2ccccc2s1)N1CCCN(c2nc3ccccc3[nH]2)CC1. The molecule has 0 aliphatic carbocycles. The van der Waals surface area contributed by atoms with Crippen molar-refractivity contribution in [2.24, 2.45) is 0 Å². The standard InChI is InChI=1S/C22H24N6OS/c1-15(20(29)26-22-25-18-9-4-5-10-19(18)30-22)27-11-6-12-28(14-13-27)21-23-16-7-2-3-8-17(16)24-21/h2-5,7-10,15H,6,11-14H2,1H3,(H,23,24)(H,25,26,29). The van der Waals surface area contributed by atoms with Gasteiger partial charge >= 0.3 is 0 Å². The molecule has 1 aliphatic rings. The predicted molar refractivity (Wildman–Crippen MR) is 122 cm³/mol. The molecule has 2 aromatic carbocycles. The third-order valence-corrected chi connectivity index (χ3v) is 6.61. The van der Waals surface area contributed by atoms with Gasteiger partial charge in [-0.2, -0.15) is 0 Å². The average molecular weight is 421 g/mol. The van der Waals surface area contributed by atoms with E-state index in [0.29, 0.717) is 5.13 Å². The molecular formula is C22H24N6OS. The van der Waals surface area contributed by atoms with Crippen LogP contribution in [0.15, 0.2) is 48.5 Å². The van der Waals surface area contributed by atoms with Gasteiger partial charge in [0.05, 0.1) is 27.3 Å². The largest absolute Gasteiger partial charge is 0.341 e. The molecule has 5 rings (SSSR count). The third kappa shape index (κ3) is 3.76. The van der Waals surface area contributed by atoms with Gasteiger partial charge in [0.1, 0.15) is 0 Å². The fourth-order valence-electron chi connectivity index (χ4n) is 3.93. The number of aromatic nitrogens is 3. The zero-order chi connectivity index (χ0) is 20.5. The first-order chi connectivity index (χ1) is 14.7. The molecule has 1 fully saturated rings. The first kappa shape index (κ1) is 19.0. The minimum atomic E-state index is -0.215. The molecular weight excluding hydrogens is 396 g/mol. The number of thiazole rings is 1. The summed E-state index contributed by atoms with van der Waals surface area (Å²) in [6, 6.07) is 15.8. The second-order valence-corrected chi connectivity index (χ2v) is 8.64. The summed E-state index contributed by atoms with van der Waals surface area (Å²) < 4.78 is 1.08. The minimum absolute atomic E-state index is 0.00811. The molecule has 1 saturated heterocycles. The Balaban J connectivity index is 1.23. The van der Waals surface area contributed by atoms with Gasteiger partial charge in [0.15, 0.2) is 5.13 Å². The van der Waals surface area contributed by atoms with Crippen molar-refractivity contribution in [3.05, 3.63) is 48.5 Å². The van der Waals surface area contributed by atoms with E-state index in [1.807, 2.05) is 55.5 Å². The van der Waals surface area contributed by atoms with E-state index >= 15 is 0 Å². The number of anilines is 2. The third-order valence-electron chi connectivity index (χ3n) is 5.66. The lowest BCUT2D eigenvalue weighted by Crippen LogP contribution is -2.44. The number of carbonyl (C=O) groups excluding carboxylic acids is 1. The number of imidazole rings is 1. The summed E-state index contributed by atoms with van der Waals surface area (Å²) >= 11 is 1.51. The molecule has 3 heterocycles. The van der Waals surface area contributed by atoms with Crippen LogP contribution in [0.2, 0.25) is 0 Å². The summed E-state index contributed by atoms with van der Waals surface area (Å²) in [6.45, 7) is 5.41. The van der Waals surface area contributed by atoms with E-state index in [9.17, 15) is 4.79 Å². The molecule has 2 aromatic heterocycles. The second-order valence-electron chi connectivity index (χ2n) is 7.61. The van der Waals surface area contributed by atoms with Crippen molar-refractivity contribution >= 4 is 49.6 Å². The normalized spacial score (nSPS) is 16.6. The number of fused-ring (bicyclic) bond motifs is 2. The number of hydrogen-bond donors (Lipinski definition) is 2. The average Bonchev–Trinajstić information content (AvgIpc) is 3.29. The van der Waals surface area contributed by atoms with Gasteiger partial charge in [-0.25, -0.2) is 9.97 Å². The van der Waals surface area contributed by atoms with E-state index in [0.717, 1.165) is 59.8 Å². The van der Waals surface area contributed by atoms with E-state index in [-0.39, 0.29) is 11.9 Å². The van der Waals surface area contributed by atoms with E-state index in [1.54, 1.807) is 0 Å². The molecule has 1 unspecified atom stereocenters. The van der Waals surface area contributed by atoms with Crippen LogP contribution < -0.4 is 10.2 Å². The van der Waals surface area contributed by atoms with Crippen LogP contribution in [-0.2, 0) is 4.79 Å². The molecule has 30 heavy (non-hydrogen) atoms. The maximum atomic E-state index is 12.9. The van der Waals surface area contributed by atoms with Crippen molar-refractivity contribution in [3.63, 3.8) is 0 Å². The van der Waals surface area contributed by atoms with Gasteiger partial charge in [0, 0.05) is 26.2 Å². The number of benzene rings is 2. The van der Waals surface area contributed by atoms with Crippen molar-refractivity contribution in [3.8, 4) is 0 Å². The number of hydrogen-bond acceptors (Lipinski definition) is 6. The number of nitrogens with zero attached hydrogens (tertiary/aromatic N) is 4. The van der Waals surface area contributed by atoms with Gasteiger partial charge in [-0.15, -0.1) is 0 Å². The first-order valence-corrected chi connectivity index (χ1v) is 11.1. The Kier molecular flexibility index (Phi) is 5.10. The molecule has 8 heteroatoms. The number of nitrogens with one attached hydrogen (secondary N) is 2. The van der Waals surface area contributed by atoms with Crippen molar-refractivity contribution in [2.45, 2.75) is 19.4 Å². The monoisotopic (exact) mass is 420 g/mol. The summed E-state index contributed by atoms with van der Waals surface area (Å²) in [6.07, 6.45) is 0.982. The van der Waals surface area contributed by atoms with Crippen LogP contribution in [0.3, 0.4) is 0 Å². The Hall–Kier alpha value is -2.97. The first-order valence-electron chi connectivity index (χ1n) is 10.3. The quantitative estimate of drug-likeness (QED) is 0.526. The maximum absolute atomic E-state index is 12.9. The lowest BCUT2D eigenvalue weighted by Gasteiger charge is -2.26. The van der Waals surface area contributed by atoms with Crippen molar-refractivity contribution in [1.82, 2.24) is 19.9 Å². The molecule has 0 radical (unpaired) electrons. The zero-order valence-electron chi connectivity index (χ0n) is 16.8. The summed E-state index contributed by atoms with van der Waals surface area (Å²) in [5, 5.41) is 3.66. The highest BCUT2D eigenvalue weighted by Crippen LogP contribution is 2.26. The van der Waals surface area contributed by atoms with Crippen molar-refractivity contribution < 1.29 is 4.79 Å². The Bertz CT molecular complexity index is 1120. The smallest absolute Gasteiger partial charge is 0.243 e. The van der Waals surface area contributed by atoms with E-state index in [1.165, 1.54) is 11.3 Å². The van der Waals surface area contributed by atoms with Gasteiger partial charge in [-0.1, -0.05) is 35.6 Å². The molecule has 0 saturated carbocycles. The Morgan fingerprint density at radius 3 is 2.67 bits per heavy atom. The van der Waals surface area contributed by atoms with E-state index < -0.39 is 0 Å². The van der Waals surface area contributed by atoms with E-state index in [2.05, 4.69) is 25.1 Å². The van der Waals surface area contributed by atoms with Gasteiger partial charge in [-0.05, 0) is 37.6 Å². The van der Waals surface area contributed by atoms with Crippen molar-refractivity contribution in [1.29, 1.82) is 0 Å². The van der Waals surface area contributed by atoms with Crippen LogP contribution in [-0.4, -0.2) is 58.0 Å². The van der Waals surface area contributed by atoms with Crippen LogP contribution >= 0.6 is 11.3 Å². The molecule has 1 atom stereocenters.